The summed E-state index contributed by atoms with van der Waals surface area (Å²) in [6.07, 6.45) is 1.19. The van der Waals surface area contributed by atoms with Crippen molar-refractivity contribution in [2.75, 3.05) is 12.3 Å². The molecule has 1 amide bonds. The first kappa shape index (κ1) is 15.8. The first-order valence-corrected chi connectivity index (χ1v) is 6.93. The number of halogens is 2. The van der Waals surface area contributed by atoms with Gasteiger partial charge in [0.1, 0.15) is 11.6 Å². The molecule has 0 aliphatic carbocycles. The lowest BCUT2D eigenvalue weighted by molar-refractivity contribution is -0.127. The number of anilines is 1. The summed E-state index contributed by atoms with van der Waals surface area (Å²) in [7, 11) is 0. The molecule has 106 valence electrons. The van der Waals surface area contributed by atoms with Crippen LogP contribution in [0.1, 0.15) is 26.7 Å². The number of carbonyl (C=O) groups is 1. The van der Waals surface area contributed by atoms with Gasteiger partial charge in [-0.3, -0.25) is 4.79 Å². The lowest BCUT2D eigenvalue weighted by Gasteiger charge is -2.16. The van der Waals surface area contributed by atoms with Gasteiger partial charge in [-0.2, -0.15) is 0 Å². The van der Waals surface area contributed by atoms with Crippen molar-refractivity contribution in [3.63, 3.8) is 0 Å². The van der Waals surface area contributed by atoms with Crippen LogP contribution in [0.4, 0.5) is 10.1 Å². The molecule has 0 fully saturated rings. The molecule has 0 saturated heterocycles. The van der Waals surface area contributed by atoms with Crippen molar-refractivity contribution in [1.82, 2.24) is 5.32 Å². The Bertz CT molecular complexity index is 455. The van der Waals surface area contributed by atoms with Gasteiger partial charge in [-0.25, -0.2) is 4.39 Å². The maximum Gasteiger partial charge on any atom is 0.260 e. The lowest BCUT2D eigenvalue weighted by atomic mass is 10.2. The van der Waals surface area contributed by atoms with E-state index in [-0.39, 0.29) is 21.8 Å². The van der Waals surface area contributed by atoms with Crippen molar-refractivity contribution < 1.29 is 13.9 Å². The van der Waals surface area contributed by atoms with Crippen LogP contribution in [-0.4, -0.2) is 18.6 Å². The maximum absolute atomic E-state index is 13.4. The summed E-state index contributed by atoms with van der Waals surface area (Å²) in [6.45, 7) is 4.24. The van der Waals surface area contributed by atoms with Crippen LogP contribution in [0, 0.1) is 5.82 Å². The Kier molecular flexibility index (Phi) is 6.08. The van der Waals surface area contributed by atoms with Gasteiger partial charge in [0.05, 0.1) is 10.2 Å². The van der Waals surface area contributed by atoms with E-state index in [1.165, 1.54) is 6.07 Å². The van der Waals surface area contributed by atoms with Crippen LogP contribution < -0.4 is 15.8 Å². The predicted molar refractivity (Wildman–Crippen MR) is 76.5 cm³/mol. The monoisotopic (exact) mass is 332 g/mol. The largest absolute Gasteiger partial charge is 0.479 e. The third kappa shape index (κ3) is 4.70. The SMILES string of the molecule is CCCCNC(=O)C(C)Oc1cc(F)c(Br)cc1N. The summed E-state index contributed by atoms with van der Waals surface area (Å²) < 4.78 is 19.0. The summed E-state index contributed by atoms with van der Waals surface area (Å²) in [6, 6.07) is 2.57. The molecule has 0 aliphatic rings. The molecule has 0 heterocycles. The van der Waals surface area contributed by atoms with E-state index in [0.717, 1.165) is 18.9 Å². The third-order valence-corrected chi connectivity index (χ3v) is 3.16. The van der Waals surface area contributed by atoms with E-state index >= 15 is 0 Å². The minimum atomic E-state index is -0.722. The molecule has 1 rings (SSSR count). The Morgan fingerprint density at radius 3 is 2.89 bits per heavy atom. The number of carbonyl (C=O) groups excluding carboxylic acids is 1. The Morgan fingerprint density at radius 1 is 1.58 bits per heavy atom. The highest BCUT2D eigenvalue weighted by molar-refractivity contribution is 9.10. The van der Waals surface area contributed by atoms with E-state index in [1.54, 1.807) is 6.92 Å². The van der Waals surface area contributed by atoms with Gasteiger partial charge in [-0.05, 0) is 35.3 Å². The lowest BCUT2D eigenvalue weighted by Crippen LogP contribution is -2.36. The van der Waals surface area contributed by atoms with Crippen LogP contribution in [0.5, 0.6) is 5.75 Å². The summed E-state index contributed by atoms with van der Waals surface area (Å²) in [5, 5.41) is 2.74. The summed E-state index contributed by atoms with van der Waals surface area (Å²) in [5.41, 5.74) is 5.99. The molecule has 1 aromatic carbocycles. The van der Waals surface area contributed by atoms with Crippen molar-refractivity contribution in [3.8, 4) is 5.75 Å². The maximum atomic E-state index is 13.4. The average Bonchev–Trinajstić information content (AvgIpc) is 2.36. The van der Waals surface area contributed by atoms with Crippen molar-refractivity contribution >= 4 is 27.5 Å². The molecule has 1 unspecified atom stereocenters. The minimum absolute atomic E-state index is 0.166. The molecule has 6 heteroatoms. The fourth-order valence-electron chi connectivity index (χ4n) is 1.42. The second-order valence-electron chi connectivity index (χ2n) is 4.21. The minimum Gasteiger partial charge on any atom is -0.479 e. The molecule has 3 N–H and O–H groups in total. The number of hydrogen-bond acceptors (Lipinski definition) is 3. The Morgan fingerprint density at radius 2 is 2.26 bits per heavy atom. The van der Waals surface area contributed by atoms with E-state index in [0.29, 0.717) is 6.54 Å². The molecular weight excluding hydrogens is 315 g/mol. The number of amides is 1. The number of hydrogen-bond donors (Lipinski definition) is 2. The highest BCUT2D eigenvalue weighted by Crippen LogP contribution is 2.29. The van der Waals surface area contributed by atoms with Gasteiger partial charge in [-0.1, -0.05) is 13.3 Å². The van der Waals surface area contributed by atoms with Gasteiger partial charge in [0.15, 0.2) is 6.10 Å². The zero-order valence-corrected chi connectivity index (χ0v) is 12.6. The predicted octanol–water partition coefficient (Wildman–Crippen LogP) is 2.85. The smallest absolute Gasteiger partial charge is 0.260 e. The Hall–Kier alpha value is -1.30. The number of benzene rings is 1. The van der Waals surface area contributed by atoms with Crippen molar-refractivity contribution in [1.29, 1.82) is 0 Å². The van der Waals surface area contributed by atoms with Gasteiger partial charge >= 0.3 is 0 Å². The van der Waals surface area contributed by atoms with Crippen LogP contribution in [0.3, 0.4) is 0 Å². The van der Waals surface area contributed by atoms with Crippen molar-refractivity contribution in [3.05, 3.63) is 22.4 Å². The van der Waals surface area contributed by atoms with Gasteiger partial charge in [0, 0.05) is 12.6 Å². The zero-order chi connectivity index (χ0) is 14.4. The van der Waals surface area contributed by atoms with Crippen LogP contribution in [0.25, 0.3) is 0 Å². The molecule has 19 heavy (non-hydrogen) atoms. The number of nitrogens with one attached hydrogen (secondary N) is 1. The molecule has 0 aliphatic heterocycles. The second-order valence-corrected chi connectivity index (χ2v) is 5.06. The normalized spacial score (nSPS) is 12.0. The Balaban J connectivity index is 2.63. The number of rotatable bonds is 6. The summed E-state index contributed by atoms with van der Waals surface area (Å²) in [4.78, 5) is 11.7. The van der Waals surface area contributed by atoms with Gasteiger partial charge < -0.3 is 15.8 Å². The van der Waals surface area contributed by atoms with Crippen molar-refractivity contribution in [2.45, 2.75) is 32.8 Å². The molecule has 0 aromatic heterocycles. The molecule has 4 nitrogen and oxygen atoms in total. The zero-order valence-electron chi connectivity index (χ0n) is 11.0. The molecule has 0 spiro atoms. The van der Waals surface area contributed by atoms with Crippen LogP contribution in [-0.2, 0) is 4.79 Å². The highest BCUT2D eigenvalue weighted by atomic mass is 79.9. The molecule has 0 radical (unpaired) electrons. The fraction of sp³-hybridized carbons (Fsp3) is 0.462. The highest BCUT2D eigenvalue weighted by Gasteiger charge is 2.16. The van der Waals surface area contributed by atoms with E-state index in [9.17, 15) is 9.18 Å². The van der Waals surface area contributed by atoms with E-state index in [1.807, 2.05) is 6.92 Å². The number of unbranched alkanes of at least 4 members (excludes halogenated alkanes) is 1. The quantitative estimate of drug-likeness (QED) is 0.621. The number of ether oxygens (including phenoxy) is 1. The van der Waals surface area contributed by atoms with Gasteiger partial charge in [-0.15, -0.1) is 0 Å². The first-order chi connectivity index (χ1) is 8.95. The number of nitrogen functional groups attached to an aromatic ring is 1. The molecular formula is C13H18BrFN2O2. The Labute approximate surface area is 120 Å². The number of nitrogens with two attached hydrogens (primary N) is 1. The average molecular weight is 333 g/mol. The molecule has 1 atom stereocenters. The topological polar surface area (TPSA) is 64.3 Å². The summed E-state index contributed by atoms with van der Waals surface area (Å²) >= 11 is 3.03. The summed E-state index contributed by atoms with van der Waals surface area (Å²) in [5.74, 6) is -0.558. The van der Waals surface area contributed by atoms with Crippen LogP contribution >= 0.6 is 15.9 Å². The van der Waals surface area contributed by atoms with E-state index in [4.69, 9.17) is 10.5 Å². The fourth-order valence-corrected chi connectivity index (χ4v) is 1.78. The van der Waals surface area contributed by atoms with E-state index in [2.05, 4.69) is 21.2 Å². The third-order valence-electron chi connectivity index (χ3n) is 2.56. The van der Waals surface area contributed by atoms with Crippen molar-refractivity contribution in [2.24, 2.45) is 0 Å². The molecule has 0 bridgehead atoms. The first-order valence-electron chi connectivity index (χ1n) is 6.14. The second kappa shape index (κ2) is 7.33. The van der Waals surface area contributed by atoms with Crippen LogP contribution in [0.15, 0.2) is 16.6 Å². The molecule has 1 aromatic rings. The molecule has 0 saturated carbocycles. The van der Waals surface area contributed by atoms with Crippen LogP contribution in [0.2, 0.25) is 0 Å². The van der Waals surface area contributed by atoms with Gasteiger partial charge in [0.25, 0.3) is 5.91 Å². The van der Waals surface area contributed by atoms with E-state index < -0.39 is 11.9 Å². The standard InChI is InChI=1S/C13H18BrFN2O2/c1-3-4-5-17-13(18)8(2)19-12-7-10(15)9(14)6-11(12)16/h6-8H,3-5,16H2,1-2H3,(H,17,18). The van der Waals surface area contributed by atoms with Gasteiger partial charge in [0.2, 0.25) is 0 Å².